The number of rotatable bonds is 41. The first-order chi connectivity index (χ1) is 51.2. The number of phenols is 2. The quantitative estimate of drug-likeness (QED) is 0.0123. The summed E-state index contributed by atoms with van der Waals surface area (Å²) < 4.78 is 0. The van der Waals surface area contributed by atoms with E-state index < -0.39 is 174 Å². The Balaban J connectivity index is 1.36. The third kappa shape index (κ3) is 27.7. The van der Waals surface area contributed by atoms with Crippen molar-refractivity contribution in [2.24, 2.45) is 39.9 Å². The van der Waals surface area contributed by atoms with Crippen molar-refractivity contribution in [3.8, 4) is 11.5 Å². The molecular formula is C74H109N17O18. The fraction of sp³-hybridized carbons (Fsp3) is 0.541. The molecule has 2 heterocycles. The first kappa shape index (κ1) is 88.7. The van der Waals surface area contributed by atoms with Crippen LogP contribution in [0.1, 0.15) is 131 Å². The zero-order valence-corrected chi connectivity index (χ0v) is 63.3. The Kier molecular flexibility index (Phi) is 34.2. The largest absolute Gasteiger partial charge is 0.508 e. The molecule has 0 spiro atoms. The summed E-state index contributed by atoms with van der Waals surface area (Å²) in [6.45, 7) is 16.7. The van der Waals surface area contributed by atoms with Crippen LogP contribution in [0.5, 0.6) is 11.5 Å². The van der Waals surface area contributed by atoms with E-state index in [1.165, 1.54) is 74.2 Å². The highest BCUT2D eigenvalue weighted by Gasteiger charge is 2.42. The predicted octanol–water partition coefficient (Wildman–Crippen LogP) is -2.60. The van der Waals surface area contributed by atoms with E-state index in [1.54, 1.807) is 72.0 Å². The van der Waals surface area contributed by atoms with Gasteiger partial charge in [-0.1, -0.05) is 84.0 Å². The molecule has 23 N–H and O–H groups in total. The molecule has 35 heteroatoms. The number of aromatic nitrogens is 1. The number of H-pyrrole nitrogens is 1. The maximum Gasteiger partial charge on any atom is 0.245 e. The molecule has 4 aromatic rings. The van der Waals surface area contributed by atoms with Crippen molar-refractivity contribution >= 4 is 93.7 Å². The van der Waals surface area contributed by atoms with Crippen LogP contribution in [-0.2, 0) is 81.6 Å². The molecule has 5 rings (SSSR count). The Labute approximate surface area is 632 Å². The highest BCUT2D eigenvalue weighted by atomic mass is 16.3. The molecule has 1 aliphatic rings. The first-order valence-electron chi connectivity index (χ1n) is 36.4. The molecule has 3 aromatic carbocycles. The van der Waals surface area contributed by atoms with Gasteiger partial charge in [-0.15, -0.1) is 0 Å². The average molecular weight is 1520 g/mol. The van der Waals surface area contributed by atoms with Crippen LogP contribution in [0, 0.1) is 17.8 Å². The number of benzene rings is 3. The van der Waals surface area contributed by atoms with Crippen molar-refractivity contribution in [2.45, 2.75) is 225 Å². The van der Waals surface area contributed by atoms with Gasteiger partial charge in [0.25, 0.3) is 0 Å². The smallest absolute Gasteiger partial charge is 0.245 e. The number of primary amides is 1. The van der Waals surface area contributed by atoms with E-state index in [1.807, 2.05) is 0 Å². The number of likely N-dealkylation sites (tertiary alicyclic amines) is 1. The molecule has 0 saturated carbocycles. The number of aromatic hydroxyl groups is 2. The first-order valence-corrected chi connectivity index (χ1v) is 36.4. The molecule has 1 fully saturated rings. The summed E-state index contributed by atoms with van der Waals surface area (Å²) in [5, 5.41) is 81.9. The molecule has 0 bridgehead atoms. The van der Waals surface area contributed by atoms with Crippen molar-refractivity contribution in [1.82, 2.24) is 68.4 Å². The lowest BCUT2D eigenvalue weighted by Gasteiger charge is -2.32. The van der Waals surface area contributed by atoms with Gasteiger partial charge in [-0.3, -0.25) is 67.3 Å². The Bertz CT molecular complexity index is 3840. The van der Waals surface area contributed by atoms with Crippen molar-refractivity contribution in [2.75, 3.05) is 13.1 Å². The van der Waals surface area contributed by atoms with Gasteiger partial charge < -0.3 is 111 Å². The maximum atomic E-state index is 14.8. The van der Waals surface area contributed by atoms with Gasteiger partial charge in [-0.05, 0) is 131 Å². The highest BCUT2D eigenvalue weighted by Crippen LogP contribution is 2.24. The summed E-state index contributed by atoms with van der Waals surface area (Å²) in [6.07, 6.45) is -3.35. The average Bonchev–Trinajstić information content (AvgIpc) is 1.75. The number of para-hydroxylation sites is 1. The SMILES string of the molecule is CC(=O)N[C@H](C(=O)N[C@H](C(=O)N[C@@H](CC(C)C)C(=O)N1CCC[C@H]1C(=O)N[C@@H](CC(C)C)C(=O)N[C@@H](Cc1c[nH]c2ccccc12)C(=O)N[C@@H](C)C(=O)N[C@H](C(=O)N[C@@H](Cc1ccc(O)cc1)C(=O)N[C@H](C(=O)N[C@@H](Cc1ccc(O)cc1)C(=O)N[C@@H](CCCN=C(N)N)C(N)=O)[C@@H](C)O)[C@@H](C)O)[C@@H](C)O)C(C)C. The number of carbonyl (C=O) groups is 13. The standard InChI is InChI=1S/C74H109N17O18/c1-36(2)30-52(84-68(104)57-19-15-29-91(57)73(109)56(31-37(3)4)87-72(108)61(42(10)94)90-69(105)58(38(5)6)81-43(11)95)65(101)83-55(34-46-35-79-50-17-13-12-16-49(46)50)64(100)80-39(7)63(99)88-59(40(8)92)70(106)86-54(33-45-22-26-48(97)27-23-45)67(103)89-60(41(9)93)71(107)85-53(32-44-20-24-47(96)25-21-44)66(102)82-51(62(75)98)18-14-28-78-74(76)77/h12-13,16-17,20-27,35-42,51-61,79,92-94,96-97H,14-15,18-19,28-34H2,1-11H3,(H2,75,98)(H,80,100)(H,81,95)(H,82,102)(H,83,101)(H,84,104)(H,85,107)(H,86,106)(H,87,108)(H,88,99)(H,89,103)(H,90,105)(H4,76,77,78)/t39-,40+,41+,42+,51-,52-,53-,54-,55-,56-,57-,58-,59-,60-,61-/m0/s1. The molecule has 0 aliphatic carbocycles. The van der Waals surface area contributed by atoms with Crippen LogP contribution in [0.4, 0.5) is 0 Å². The van der Waals surface area contributed by atoms with Gasteiger partial charge in [0, 0.05) is 56.4 Å². The van der Waals surface area contributed by atoms with E-state index in [0.29, 0.717) is 34.0 Å². The van der Waals surface area contributed by atoms with Crippen molar-refractivity contribution in [1.29, 1.82) is 0 Å². The molecule has 0 radical (unpaired) electrons. The number of nitrogens with one attached hydrogen (secondary N) is 12. The zero-order chi connectivity index (χ0) is 81.3. The summed E-state index contributed by atoms with van der Waals surface area (Å²) in [6, 6.07) is 0.365. The molecule has 13 amide bonds. The minimum atomic E-state index is -1.89. The summed E-state index contributed by atoms with van der Waals surface area (Å²) in [5.74, 6) is -13.0. The van der Waals surface area contributed by atoms with Gasteiger partial charge in [-0.2, -0.15) is 0 Å². The Morgan fingerprint density at radius 2 is 0.927 bits per heavy atom. The van der Waals surface area contributed by atoms with Crippen LogP contribution in [0.2, 0.25) is 0 Å². The van der Waals surface area contributed by atoms with E-state index in [0.717, 1.165) is 13.8 Å². The second-order valence-electron chi connectivity index (χ2n) is 28.8. The van der Waals surface area contributed by atoms with Gasteiger partial charge in [-0.25, -0.2) is 0 Å². The number of aliphatic hydroxyl groups is 3. The molecular weight excluding hydrogens is 1410 g/mol. The number of phenolic OH excluding ortho intramolecular Hbond substituents is 2. The molecule has 109 heavy (non-hydrogen) atoms. The topological polar surface area (TPSA) is 565 Å². The number of amides is 13. The Morgan fingerprint density at radius 3 is 1.41 bits per heavy atom. The van der Waals surface area contributed by atoms with E-state index in [9.17, 15) is 87.9 Å². The number of carbonyl (C=O) groups excluding carboxylic acids is 13. The minimum absolute atomic E-state index is 0.0175. The predicted molar refractivity (Wildman–Crippen MR) is 401 cm³/mol. The highest BCUT2D eigenvalue weighted by molar-refractivity contribution is 6.00. The van der Waals surface area contributed by atoms with Gasteiger partial charge in [0.05, 0.1) is 18.3 Å². The van der Waals surface area contributed by atoms with Crippen molar-refractivity contribution in [3.63, 3.8) is 0 Å². The number of aliphatic hydroxyl groups excluding tert-OH is 3. The number of guanidine groups is 1. The molecule has 1 aromatic heterocycles. The minimum Gasteiger partial charge on any atom is -0.508 e. The third-order valence-electron chi connectivity index (χ3n) is 18.1. The fourth-order valence-electron chi connectivity index (χ4n) is 12.3. The fourth-order valence-corrected chi connectivity index (χ4v) is 12.3. The van der Waals surface area contributed by atoms with Crippen LogP contribution in [-0.4, -0.2) is 222 Å². The van der Waals surface area contributed by atoms with Gasteiger partial charge >= 0.3 is 0 Å². The lowest BCUT2D eigenvalue weighted by molar-refractivity contribution is -0.143. The Morgan fingerprint density at radius 1 is 0.495 bits per heavy atom. The lowest BCUT2D eigenvalue weighted by Crippen LogP contribution is -2.63. The summed E-state index contributed by atoms with van der Waals surface area (Å²) in [7, 11) is 0. The summed E-state index contributed by atoms with van der Waals surface area (Å²) in [4.78, 5) is 190. The Hall–Kier alpha value is -10.9. The van der Waals surface area contributed by atoms with E-state index in [-0.39, 0.29) is 93.8 Å². The van der Waals surface area contributed by atoms with Crippen LogP contribution in [0.25, 0.3) is 10.9 Å². The second-order valence-corrected chi connectivity index (χ2v) is 28.8. The van der Waals surface area contributed by atoms with E-state index >= 15 is 0 Å². The normalized spacial score (nSPS) is 16.6. The number of aliphatic imine (C=N–C) groups is 1. The second kappa shape index (κ2) is 42.0. The number of aromatic amines is 1. The van der Waals surface area contributed by atoms with E-state index in [4.69, 9.17) is 17.2 Å². The van der Waals surface area contributed by atoms with Crippen molar-refractivity contribution in [3.05, 3.63) is 95.7 Å². The van der Waals surface area contributed by atoms with Gasteiger partial charge in [0.15, 0.2) is 5.96 Å². The lowest BCUT2D eigenvalue weighted by atomic mass is 9.99. The molecule has 35 nitrogen and oxygen atoms in total. The van der Waals surface area contributed by atoms with Crippen molar-refractivity contribution < 1.29 is 87.9 Å². The summed E-state index contributed by atoms with van der Waals surface area (Å²) >= 11 is 0. The monoisotopic (exact) mass is 1520 g/mol. The number of hydrogen-bond donors (Lipinski definition) is 20. The van der Waals surface area contributed by atoms with Crippen LogP contribution in [0.3, 0.4) is 0 Å². The molecule has 15 atom stereocenters. The maximum absolute atomic E-state index is 14.8. The number of nitrogens with zero attached hydrogens (tertiary/aromatic N) is 2. The molecule has 0 unspecified atom stereocenters. The van der Waals surface area contributed by atoms with Crippen LogP contribution >= 0.6 is 0 Å². The van der Waals surface area contributed by atoms with Gasteiger partial charge in [0.2, 0.25) is 76.8 Å². The summed E-state index contributed by atoms with van der Waals surface area (Å²) in [5.41, 5.74) is 18.4. The number of hydrogen-bond acceptors (Lipinski definition) is 19. The van der Waals surface area contributed by atoms with Gasteiger partial charge in [0.1, 0.15) is 84.0 Å². The third-order valence-corrected chi connectivity index (χ3v) is 18.1. The van der Waals surface area contributed by atoms with Crippen LogP contribution < -0.4 is 75.7 Å². The molecule has 1 saturated heterocycles. The van der Waals surface area contributed by atoms with E-state index in [2.05, 4.69) is 68.5 Å². The number of nitrogens with two attached hydrogens (primary N) is 3. The number of fused-ring (bicyclic) bond motifs is 1. The zero-order valence-electron chi connectivity index (χ0n) is 63.3. The molecule has 1 aliphatic heterocycles. The van der Waals surface area contributed by atoms with Crippen LogP contribution in [0.15, 0.2) is 84.0 Å². The molecule has 598 valence electrons.